The lowest BCUT2D eigenvalue weighted by Gasteiger charge is -2.20. The molecular formula is C25H21ClN2O5. The van der Waals surface area contributed by atoms with Gasteiger partial charge >= 0.3 is 5.97 Å². The van der Waals surface area contributed by atoms with E-state index in [4.69, 9.17) is 21.4 Å². The minimum Gasteiger partial charge on any atom is -0.495 e. The number of halogens is 1. The van der Waals surface area contributed by atoms with Crippen molar-refractivity contribution in [1.82, 2.24) is 4.57 Å². The molecule has 0 aliphatic rings. The largest absolute Gasteiger partial charge is 0.495 e. The van der Waals surface area contributed by atoms with Crippen LogP contribution in [0.2, 0.25) is 5.02 Å². The summed E-state index contributed by atoms with van der Waals surface area (Å²) in [4.78, 5) is 37.1. The number of Topliss-reactive ketones (excluding diaryl/α,β-unsaturated/α-hetero) is 1. The predicted octanol–water partition coefficient (Wildman–Crippen LogP) is 4.51. The van der Waals surface area contributed by atoms with Crippen LogP contribution in [0.4, 0.5) is 0 Å². The van der Waals surface area contributed by atoms with Gasteiger partial charge in [0.2, 0.25) is 0 Å². The number of pyridine rings is 1. The molecule has 33 heavy (non-hydrogen) atoms. The van der Waals surface area contributed by atoms with Gasteiger partial charge in [-0.1, -0.05) is 30.7 Å². The van der Waals surface area contributed by atoms with Crippen LogP contribution in [0.5, 0.6) is 5.75 Å². The molecule has 1 N–H and O–H groups in total. The molecule has 168 valence electrons. The van der Waals surface area contributed by atoms with Crippen LogP contribution in [0.25, 0.3) is 11.1 Å². The van der Waals surface area contributed by atoms with Crippen LogP contribution in [-0.4, -0.2) is 28.5 Å². The number of nitrogens with zero attached hydrogens (tertiary/aromatic N) is 2. The Morgan fingerprint density at radius 2 is 1.85 bits per heavy atom. The molecule has 0 radical (unpaired) electrons. The van der Waals surface area contributed by atoms with E-state index >= 15 is 0 Å². The Labute approximate surface area is 195 Å². The zero-order chi connectivity index (χ0) is 24.1. The van der Waals surface area contributed by atoms with Gasteiger partial charge in [-0.3, -0.25) is 9.59 Å². The SMILES string of the molecule is CCC(C(=O)Cc1ccc(C(=O)O)cc1)n1cc(OC)c(-c2cc(Cl)ccc2C#N)cc1=O. The lowest BCUT2D eigenvalue weighted by molar-refractivity contribution is -0.121. The van der Waals surface area contributed by atoms with Crippen molar-refractivity contribution in [2.45, 2.75) is 25.8 Å². The van der Waals surface area contributed by atoms with E-state index in [1.54, 1.807) is 37.3 Å². The molecular weight excluding hydrogens is 444 g/mol. The third-order valence-electron chi connectivity index (χ3n) is 5.33. The Morgan fingerprint density at radius 3 is 2.42 bits per heavy atom. The molecule has 3 aromatic rings. The number of benzene rings is 2. The topological polar surface area (TPSA) is 109 Å². The number of carbonyl (C=O) groups excluding carboxylic acids is 1. The molecule has 8 heteroatoms. The van der Waals surface area contributed by atoms with E-state index in [0.717, 1.165) is 0 Å². The van der Waals surface area contributed by atoms with E-state index in [9.17, 15) is 19.6 Å². The number of rotatable bonds is 8. The Hall–Kier alpha value is -3.89. The number of carboxylic acids is 1. The van der Waals surface area contributed by atoms with Crippen LogP contribution in [0.1, 0.15) is 40.9 Å². The zero-order valence-corrected chi connectivity index (χ0v) is 18.8. The number of hydrogen-bond donors (Lipinski definition) is 1. The summed E-state index contributed by atoms with van der Waals surface area (Å²) in [6.07, 6.45) is 1.89. The lowest BCUT2D eigenvalue weighted by Crippen LogP contribution is -2.30. The van der Waals surface area contributed by atoms with Gasteiger partial charge in [0.05, 0.1) is 36.5 Å². The van der Waals surface area contributed by atoms with Gasteiger partial charge in [-0.15, -0.1) is 0 Å². The second-order valence-corrected chi connectivity index (χ2v) is 7.81. The molecule has 1 atom stereocenters. The summed E-state index contributed by atoms with van der Waals surface area (Å²) < 4.78 is 6.81. The van der Waals surface area contributed by atoms with E-state index in [-0.39, 0.29) is 17.8 Å². The molecule has 1 aromatic heterocycles. The molecule has 0 aliphatic carbocycles. The fourth-order valence-corrected chi connectivity index (χ4v) is 3.82. The van der Waals surface area contributed by atoms with Crippen molar-refractivity contribution in [3.63, 3.8) is 0 Å². The normalized spacial score (nSPS) is 11.5. The van der Waals surface area contributed by atoms with Gasteiger partial charge in [-0.05, 0) is 42.3 Å². The molecule has 0 aliphatic heterocycles. The Morgan fingerprint density at radius 1 is 1.15 bits per heavy atom. The van der Waals surface area contributed by atoms with Crippen LogP contribution in [0.15, 0.2) is 59.5 Å². The predicted molar refractivity (Wildman–Crippen MR) is 124 cm³/mol. The van der Waals surface area contributed by atoms with E-state index < -0.39 is 17.6 Å². The first-order valence-corrected chi connectivity index (χ1v) is 10.5. The number of carboxylic acid groups (broad SMARTS) is 1. The molecule has 0 spiro atoms. The Balaban J connectivity index is 1.98. The van der Waals surface area contributed by atoms with E-state index in [1.807, 2.05) is 0 Å². The van der Waals surface area contributed by atoms with Crippen molar-refractivity contribution in [1.29, 1.82) is 5.26 Å². The number of nitriles is 1. The number of ether oxygens (including phenoxy) is 1. The number of hydrogen-bond acceptors (Lipinski definition) is 5. The third kappa shape index (κ3) is 5.13. The van der Waals surface area contributed by atoms with Crippen LogP contribution >= 0.6 is 11.6 Å². The smallest absolute Gasteiger partial charge is 0.335 e. The summed E-state index contributed by atoms with van der Waals surface area (Å²) in [5.41, 5.74) is 1.57. The van der Waals surface area contributed by atoms with Crippen molar-refractivity contribution in [2.75, 3.05) is 7.11 Å². The Bertz CT molecular complexity index is 1310. The van der Waals surface area contributed by atoms with E-state index in [0.29, 0.717) is 39.4 Å². The summed E-state index contributed by atoms with van der Waals surface area (Å²) in [6.45, 7) is 1.80. The quantitative estimate of drug-likeness (QED) is 0.525. The van der Waals surface area contributed by atoms with Crippen molar-refractivity contribution in [3.05, 3.63) is 86.8 Å². The number of ketones is 1. The van der Waals surface area contributed by atoms with Gasteiger partial charge < -0.3 is 14.4 Å². The van der Waals surface area contributed by atoms with E-state index in [2.05, 4.69) is 6.07 Å². The van der Waals surface area contributed by atoms with E-state index in [1.165, 1.54) is 36.1 Å². The fraction of sp³-hybridized carbons (Fsp3) is 0.200. The minimum absolute atomic E-state index is 0.0434. The first-order chi connectivity index (χ1) is 15.8. The maximum Gasteiger partial charge on any atom is 0.335 e. The maximum absolute atomic E-state index is 13.0. The average molecular weight is 465 g/mol. The maximum atomic E-state index is 13.0. The zero-order valence-electron chi connectivity index (χ0n) is 18.0. The number of aromatic nitrogens is 1. The molecule has 0 saturated heterocycles. The number of methoxy groups -OCH3 is 1. The Kier molecular flexibility index (Phi) is 7.31. The van der Waals surface area contributed by atoms with Crippen LogP contribution in [0, 0.1) is 11.3 Å². The van der Waals surface area contributed by atoms with Gasteiger partial charge in [0.25, 0.3) is 5.56 Å². The van der Waals surface area contributed by atoms with Crippen molar-refractivity contribution >= 4 is 23.4 Å². The van der Waals surface area contributed by atoms with Gasteiger partial charge in [0, 0.05) is 28.6 Å². The highest BCUT2D eigenvalue weighted by Gasteiger charge is 2.23. The highest BCUT2D eigenvalue weighted by atomic mass is 35.5. The molecule has 0 fully saturated rings. The highest BCUT2D eigenvalue weighted by molar-refractivity contribution is 6.31. The molecule has 0 bridgehead atoms. The first-order valence-electron chi connectivity index (χ1n) is 10.1. The van der Waals surface area contributed by atoms with Crippen LogP contribution < -0.4 is 10.3 Å². The number of carbonyl (C=O) groups is 2. The van der Waals surface area contributed by atoms with Gasteiger partial charge in [0.1, 0.15) is 5.75 Å². The molecule has 1 unspecified atom stereocenters. The molecule has 1 heterocycles. The fourth-order valence-electron chi connectivity index (χ4n) is 3.65. The highest BCUT2D eigenvalue weighted by Crippen LogP contribution is 2.33. The first kappa shape index (κ1) is 23.8. The summed E-state index contributed by atoms with van der Waals surface area (Å²) in [6, 6.07) is 13.5. The number of aromatic carboxylic acids is 1. The van der Waals surface area contributed by atoms with Crippen LogP contribution in [-0.2, 0) is 11.2 Å². The molecule has 0 amide bonds. The van der Waals surface area contributed by atoms with Crippen molar-refractivity contribution < 1.29 is 19.4 Å². The van der Waals surface area contributed by atoms with Crippen LogP contribution in [0.3, 0.4) is 0 Å². The van der Waals surface area contributed by atoms with Crippen molar-refractivity contribution in [2.24, 2.45) is 0 Å². The second-order valence-electron chi connectivity index (χ2n) is 7.37. The second kappa shape index (κ2) is 10.2. The molecule has 3 rings (SSSR count). The minimum atomic E-state index is -1.04. The van der Waals surface area contributed by atoms with Gasteiger partial charge in [-0.25, -0.2) is 4.79 Å². The molecule has 0 saturated carbocycles. The lowest BCUT2D eigenvalue weighted by atomic mass is 9.98. The monoisotopic (exact) mass is 464 g/mol. The van der Waals surface area contributed by atoms with Crippen molar-refractivity contribution in [3.8, 4) is 22.9 Å². The average Bonchev–Trinajstić information content (AvgIpc) is 2.80. The third-order valence-corrected chi connectivity index (χ3v) is 5.56. The van der Waals surface area contributed by atoms with Gasteiger partial charge in [0.15, 0.2) is 5.78 Å². The summed E-state index contributed by atoms with van der Waals surface area (Å²) >= 11 is 6.10. The standard InChI is InChI=1S/C25H21ClN2O5/c1-3-21(22(29)10-15-4-6-16(7-5-15)25(31)32)28-14-23(33-2)20(12-24(28)30)19-11-18(26)9-8-17(19)13-27/h4-9,11-12,14,21H,3,10H2,1-2H3,(H,31,32). The molecule has 2 aromatic carbocycles. The summed E-state index contributed by atoms with van der Waals surface area (Å²) in [5.74, 6) is -0.916. The summed E-state index contributed by atoms with van der Waals surface area (Å²) in [7, 11) is 1.44. The molecule has 7 nitrogen and oxygen atoms in total. The van der Waals surface area contributed by atoms with Gasteiger partial charge in [-0.2, -0.15) is 5.26 Å². The summed E-state index contributed by atoms with van der Waals surface area (Å²) in [5, 5.41) is 18.9.